The van der Waals surface area contributed by atoms with E-state index in [2.05, 4.69) is 52.7 Å². The minimum atomic E-state index is 0.0693. The standard InChI is InChI=1S/C16H18N4/c1-3-17-16(14-9-11-20(2)19-14)13-8-4-6-12-7-5-10-18-15(12)13/h4-11,16-17H,3H2,1-2H3. The SMILES string of the molecule is CCNC(c1ccn(C)n1)c1cccc2cccnc12. The van der Waals surface area contributed by atoms with Crippen LogP contribution in [0.25, 0.3) is 10.9 Å². The number of para-hydroxylation sites is 1. The summed E-state index contributed by atoms with van der Waals surface area (Å²) in [6.07, 6.45) is 3.81. The van der Waals surface area contributed by atoms with Gasteiger partial charge in [-0.25, -0.2) is 0 Å². The molecule has 4 heteroatoms. The van der Waals surface area contributed by atoms with Gasteiger partial charge in [-0.2, -0.15) is 5.10 Å². The van der Waals surface area contributed by atoms with Crippen LogP contribution in [-0.2, 0) is 7.05 Å². The lowest BCUT2D eigenvalue weighted by atomic mass is 10.0. The maximum Gasteiger partial charge on any atom is 0.0840 e. The molecule has 102 valence electrons. The van der Waals surface area contributed by atoms with Crippen molar-refractivity contribution in [1.29, 1.82) is 0 Å². The maximum atomic E-state index is 4.54. The highest BCUT2D eigenvalue weighted by molar-refractivity contribution is 5.82. The van der Waals surface area contributed by atoms with Crippen LogP contribution in [0, 0.1) is 0 Å². The second kappa shape index (κ2) is 5.43. The van der Waals surface area contributed by atoms with E-state index in [0.717, 1.165) is 23.1 Å². The average molecular weight is 266 g/mol. The quantitative estimate of drug-likeness (QED) is 0.789. The van der Waals surface area contributed by atoms with Crippen molar-refractivity contribution in [1.82, 2.24) is 20.1 Å². The Balaban J connectivity index is 2.14. The Morgan fingerprint density at radius 1 is 1.20 bits per heavy atom. The summed E-state index contributed by atoms with van der Waals surface area (Å²) in [7, 11) is 1.94. The molecule has 2 heterocycles. The number of nitrogens with one attached hydrogen (secondary N) is 1. The maximum absolute atomic E-state index is 4.54. The molecule has 3 aromatic rings. The van der Waals surface area contributed by atoms with E-state index in [4.69, 9.17) is 0 Å². The number of hydrogen-bond acceptors (Lipinski definition) is 3. The van der Waals surface area contributed by atoms with E-state index < -0.39 is 0 Å². The molecule has 1 unspecified atom stereocenters. The van der Waals surface area contributed by atoms with Gasteiger partial charge in [-0.15, -0.1) is 0 Å². The van der Waals surface area contributed by atoms with E-state index in [1.54, 1.807) is 0 Å². The highest BCUT2D eigenvalue weighted by Gasteiger charge is 2.18. The zero-order valence-corrected chi connectivity index (χ0v) is 11.7. The first-order valence-electron chi connectivity index (χ1n) is 6.86. The number of aromatic nitrogens is 3. The number of nitrogens with zero attached hydrogens (tertiary/aromatic N) is 3. The highest BCUT2D eigenvalue weighted by Crippen LogP contribution is 2.26. The van der Waals surface area contributed by atoms with Gasteiger partial charge in [0, 0.05) is 30.4 Å². The molecule has 0 bridgehead atoms. The van der Waals surface area contributed by atoms with Crippen molar-refractivity contribution in [2.75, 3.05) is 6.54 Å². The van der Waals surface area contributed by atoms with Crippen LogP contribution >= 0.6 is 0 Å². The van der Waals surface area contributed by atoms with Crippen molar-refractivity contribution in [2.45, 2.75) is 13.0 Å². The van der Waals surface area contributed by atoms with E-state index >= 15 is 0 Å². The van der Waals surface area contributed by atoms with Gasteiger partial charge >= 0.3 is 0 Å². The first-order valence-corrected chi connectivity index (χ1v) is 6.86. The topological polar surface area (TPSA) is 42.7 Å². The van der Waals surface area contributed by atoms with E-state index in [0.29, 0.717) is 0 Å². The summed E-state index contributed by atoms with van der Waals surface area (Å²) in [5.41, 5.74) is 3.22. The predicted octanol–water partition coefficient (Wildman–Crippen LogP) is 2.67. The lowest BCUT2D eigenvalue weighted by Crippen LogP contribution is -2.23. The summed E-state index contributed by atoms with van der Waals surface area (Å²) in [6.45, 7) is 2.99. The van der Waals surface area contributed by atoms with Gasteiger partial charge in [0.25, 0.3) is 0 Å². The molecule has 0 aliphatic carbocycles. The molecule has 1 atom stereocenters. The molecular weight excluding hydrogens is 248 g/mol. The first kappa shape index (κ1) is 12.8. The van der Waals surface area contributed by atoms with Crippen molar-refractivity contribution in [3.8, 4) is 0 Å². The third kappa shape index (κ3) is 2.30. The molecule has 20 heavy (non-hydrogen) atoms. The molecule has 0 spiro atoms. The smallest absolute Gasteiger partial charge is 0.0840 e. The minimum Gasteiger partial charge on any atom is -0.305 e. The molecule has 1 N–H and O–H groups in total. The van der Waals surface area contributed by atoms with Gasteiger partial charge in [0.2, 0.25) is 0 Å². The second-order valence-corrected chi connectivity index (χ2v) is 4.83. The fourth-order valence-corrected chi connectivity index (χ4v) is 2.53. The Kier molecular flexibility index (Phi) is 3.48. The number of fused-ring (bicyclic) bond motifs is 1. The molecule has 0 radical (unpaired) electrons. The minimum absolute atomic E-state index is 0.0693. The molecule has 1 aromatic carbocycles. The van der Waals surface area contributed by atoms with E-state index in [1.165, 1.54) is 5.56 Å². The van der Waals surface area contributed by atoms with E-state index in [-0.39, 0.29) is 6.04 Å². The lowest BCUT2D eigenvalue weighted by Gasteiger charge is -2.17. The van der Waals surface area contributed by atoms with Crippen molar-refractivity contribution < 1.29 is 0 Å². The van der Waals surface area contributed by atoms with E-state index in [1.807, 2.05) is 30.2 Å². The monoisotopic (exact) mass is 266 g/mol. The van der Waals surface area contributed by atoms with Crippen LogP contribution in [-0.4, -0.2) is 21.3 Å². The molecule has 0 saturated heterocycles. The van der Waals surface area contributed by atoms with Gasteiger partial charge in [0.1, 0.15) is 0 Å². The Labute approximate surface area is 118 Å². The summed E-state index contributed by atoms with van der Waals surface area (Å²) in [6, 6.07) is 12.5. The van der Waals surface area contributed by atoms with Crippen LogP contribution in [0.1, 0.15) is 24.2 Å². The summed E-state index contributed by atoms with van der Waals surface area (Å²) >= 11 is 0. The fourth-order valence-electron chi connectivity index (χ4n) is 2.53. The second-order valence-electron chi connectivity index (χ2n) is 4.83. The lowest BCUT2D eigenvalue weighted by molar-refractivity contribution is 0.602. The van der Waals surface area contributed by atoms with Gasteiger partial charge < -0.3 is 5.32 Å². The van der Waals surface area contributed by atoms with Crippen LogP contribution in [0.3, 0.4) is 0 Å². The predicted molar refractivity (Wildman–Crippen MR) is 80.5 cm³/mol. The highest BCUT2D eigenvalue weighted by atomic mass is 15.3. The van der Waals surface area contributed by atoms with Crippen LogP contribution in [0.5, 0.6) is 0 Å². The molecule has 2 aromatic heterocycles. The van der Waals surface area contributed by atoms with Crippen molar-refractivity contribution >= 4 is 10.9 Å². The van der Waals surface area contributed by atoms with Crippen molar-refractivity contribution in [3.63, 3.8) is 0 Å². The third-order valence-corrected chi connectivity index (χ3v) is 3.41. The van der Waals surface area contributed by atoms with Gasteiger partial charge in [-0.05, 0) is 18.7 Å². The molecule has 0 amide bonds. The number of hydrogen-bond donors (Lipinski definition) is 1. The van der Waals surface area contributed by atoms with Crippen molar-refractivity contribution in [3.05, 3.63) is 60.0 Å². The Morgan fingerprint density at radius 3 is 2.80 bits per heavy atom. The zero-order chi connectivity index (χ0) is 13.9. The van der Waals surface area contributed by atoms with Gasteiger partial charge in [0.05, 0.1) is 17.3 Å². The summed E-state index contributed by atoms with van der Waals surface area (Å²) < 4.78 is 1.83. The third-order valence-electron chi connectivity index (χ3n) is 3.41. The number of aryl methyl sites for hydroxylation is 1. The molecular formula is C16H18N4. The Hall–Kier alpha value is -2.20. The summed E-state index contributed by atoms with van der Waals surface area (Å²) in [4.78, 5) is 4.54. The Morgan fingerprint density at radius 2 is 2.05 bits per heavy atom. The van der Waals surface area contributed by atoms with Gasteiger partial charge in [0.15, 0.2) is 0 Å². The molecule has 3 rings (SSSR count). The normalized spacial score (nSPS) is 12.7. The molecule has 0 aliphatic heterocycles. The number of rotatable bonds is 4. The van der Waals surface area contributed by atoms with E-state index in [9.17, 15) is 0 Å². The van der Waals surface area contributed by atoms with Crippen LogP contribution in [0.2, 0.25) is 0 Å². The number of benzene rings is 1. The van der Waals surface area contributed by atoms with Crippen LogP contribution in [0.4, 0.5) is 0 Å². The summed E-state index contributed by atoms with van der Waals surface area (Å²) in [5, 5.41) is 9.20. The van der Waals surface area contributed by atoms with Gasteiger partial charge in [-0.1, -0.05) is 31.2 Å². The molecule has 4 nitrogen and oxygen atoms in total. The fraction of sp³-hybridized carbons (Fsp3) is 0.250. The van der Waals surface area contributed by atoms with Crippen LogP contribution < -0.4 is 5.32 Å². The van der Waals surface area contributed by atoms with Gasteiger partial charge in [-0.3, -0.25) is 9.67 Å². The molecule has 0 fully saturated rings. The van der Waals surface area contributed by atoms with Crippen LogP contribution in [0.15, 0.2) is 48.8 Å². The first-order chi connectivity index (χ1) is 9.79. The average Bonchev–Trinajstić information content (AvgIpc) is 2.91. The largest absolute Gasteiger partial charge is 0.305 e. The molecule has 0 aliphatic rings. The summed E-state index contributed by atoms with van der Waals surface area (Å²) in [5.74, 6) is 0. The zero-order valence-electron chi connectivity index (χ0n) is 11.7. The Bertz CT molecular complexity index is 712. The number of pyridine rings is 1. The van der Waals surface area contributed by atoms with Crippen molar-refractivity contribution in [2.24, 2.45) is 7.05 Å². The molecule has 0 saturated carbocycles.